The third-order valence-corrected chi connectivity index (χ3v) is 8.38. The van der Waals surface area contributed by atoms with Crippen molar-refractivity contribution in [2.75, 3.05) is 13.2 Å². The van der Waals surface area contributed by atoms with Gasteiger partial charge in [-0.1, -0.05) is 159 Å². The molecule has 0 aromatic rings. The number of esters is 3. The van der Waals surface area contributed by atoms with Crippen LogP contribution < -0.4 is 0 Å². The fourth-order valence-electron chi connectivity index (χ4n) is 5.33. The first-order valence-corrected chi connectivity index (χ1v) is 20.2. The summed E-state index contributed by atoms with van der Waals surface area (Å²) in [5.74, 6) is -0.958. The topological polar surface area (TPSA) is 78.9 Å². The molecule has 0 amide bonds. The second kappa shape index (κ2) is 38.2. The lowest BCUT2D eigenvalue weighted by atomic mass is 10.1. The van der Waals surface area contributed by atoms with Gasteiger partial charge in [-0.05, 0) is 57.8 Å². The molecule has 0 heterocycles. The van der Waals surface area contributed by atoms with E-state index in [0.29, 0.717) is 19.3 Å². The van der Waals surface area contributed by atoms with Crippen molar-refractivity contribution in [3.05, 3.63) is 48.6 Å². The summed E-state index contributed by atoms with van der Waals surface area (Å²) >= 11 is 0. The number of carbonyl (C=O) groups excluding carboxylic acids is 3. The largest absolute Gasteiger partial charge is 0.462 e. The predicted octanol–water partition coefficient (Wildman–Crippen LogP) is 12.4. The van der Waals surface area contributed by atoms with Gasteiger partial charge in [-0.15, -0.1) is 0 Å². The highest BCUT2D eigenvalue weighted by Gasteiger charge is 2.19. The summed E-state index contributed by atoms with van der Waals surface area (Å²) in [5.41, 5.74) is 0. The monoisotopic (exact) mass is 687 g/mol. The van der Waals surface area contributed by atoms with E-state index in [-0.39, 0.29) is 37.5 Å². The molecule has 0 aromatic carbocycles. The lowest BCUT2D eigenvalue weighted by Gasteiger charge is -2.18. The van der Waals surface area contributed by atoms with E-state index >= 15 is 0 Å². The van der Waals surface area contributed by atoms with E-state index in [1.807, 2.05) is 6.08 Å². The van der Waals surface area contributed by atoms with Gasteiger partial charge in [-0.25, -0.2) is 0 Å². The van der Waals surface area contributed by atoms with Crippen molar-refractivity contribution in [3.63, 3.8) is 0 Å². The van der Waals surface area contributed by atoms with Gasteiger partial charge in [0, 0.05) is 19.3 Å². The number of unbranched alkanes of at least 4 members (excludes halogenated alkanes) is 18. The molecule has 0 bridgehead atoms. The Morgan fingerprint density at radius 1 is 0.429 bits per heavy atom. The SMILES string of the molecule is CC\C=C/C=C\C=C/CCCCCCCC(=O)OCC(COC(=O)CCCCCCCCCCC)OC(=O)CCC/C=C\CCCCCC. The molecule has 0 aromatic heterocycles. The third-order valence-electron chi connectivity index (χ3n) is 8.38. The fourth-order valence-corrected chi connectivity index (χ4v) is 5.33. The Balaban J connectivity index is 4.42. The van der Waals surface area contributed by atoms with Crippen LogP contribution in [0, 0.1) is 0 Å². The van der Waals surface area contributed by atoms with Crippen molar-refractivity contribution >= 4 is 17.9 Å². The Bertz CT molecular complexity index is 887. The number of allylic oxidation sites excluding steroid dienone is 8. The van der Waals surface area contributed by atoms with Crippen LogP contribution in [-0.2, 0) is 28.6 Å². The highest BCUT2D eigenvalue weighted by Crippen LogP contribution is 2.12. The van der Waals surface area contributed by atoms with Crippen molar-refractivity contribution < 1.29 is 28.6 Å². The molecule has 1 unspecified atom stereocenters. The molecule has 49 heavy (non-hydrogen) atoms. The van der Waals surface area contributed by atoms with Gasteiger partial charge in [0.15, 0.2) is 6.10 Å². The highest BCUT2D eigenvalue weighted by molar-refractivity contribution is 5.71. The molecule has 0 aliphatic rings. The molecule has 0 N–H and O–H groups in total. The summed E-state index contributed by atoms with van der Waals surface area (Å²) in [7, 11) is 0. The standard InChI is InChI=1S/C43H74O6/c1-4-7-10-13-16-19-20-21-22-25-27-30-33-36-42(45)48-39-40(49-43(46)37-34-31-28-24-18-15-12-9-6-3)38-47-41(44)35-32-29-26-23-17-14-11-8-5-2/h7,10,13,16,19-20,24,28,40H,4-6,8-9,11-12,14-15,17-18,21-23,25-27,29-39H2,1-3H3/b10-7-,16-13-,20-19-,28-24-. The van der Waals surface area contributed by atoms with Gasteiger partial charge in [0.1, 0.15) is 13.2 Å². The van der Waals surface area contributed by atoms with Crippen LogP contribution in [0.1, 0.15) is 188 Å². The first-order valence-electron chi connectivity index (χ1n) is 20.2. The van der Waals surface area contributed by atoms with Crippen LogP contribution in [0.3, 0.4) is 0 Å². The van der Waals surface area contributed by atoms with E-state index in [1.165, 1.54) is 64.2 Å². The van der Waals surface area contributed by atoms with Gasteiger partial charge in [-0.2, -0.15) is 0 Å². The molecule has 0 saturated heterocycles. The van der Waals surface area contributed by atoms with Gasteiger partial charge in [0.2, 0.25) is 0 Å². The van der Waals surface area contributed by atoms with Gasteiger partial charge in [-0.3, -0.25) is 14.4 Å². The van der Waals surface area contributed by atoms with Crippen molar-refractivity contribution in [2.45, 2.75) is 194 Å². The zero-order chi connectivity index (χ0) is 35.9. The zero-order valence-corrected chi connectivity index (χ0v) is 31.9. The van der Waals surface area contributed by atoms with E-state index < -0.39 is 6.10 Å². The molecule has 0 aliphatic carbocycles. The molecular weight excluding hydrogens is 612 g/mol. The summed E-state index contributed by atoms with van der Waals surface area (Å²) in [6, 6.07) is 0. The second-order valence-electron chi connectivity index (χ2n) is 13.2. The lowest BCUT2D eigenvalue weighted by Crippen LogP contribution is -2.30. The first kappa shape index (κ1) is 46.4. The van der Waals surface area contributed by atoms with Crippen molar-refractivity contribution in [3.8, 4) is 0 Å². The summed E-state index contributed by atoms with van der Waals surface area (Å²) in [6.07, 6.45) is 42.5. The Labute approximate surface area is 301 Å². The highest BCUT2D eigenvalue weighted by atomic mass is 16.6. The van der Waals surface area contributed by atoms with Crippen molar-refractivity contribution in [1.29, 1.82) is 0 Å². The summed E-state index contributed by atoms with van der Waals surface area (Å²) in [6.45, 7) is 6.38. The number of ether oxygens (including phenoxy) is 3. The minimum atomic E-state index is -0.789. The minimum Gasteiger partial charge on any atom is -0.462 e. The van der Waals surface area contributed by atoms with Crippen LogP contribution in [0.15, 0.2) is 48.6 Å². The van der Waals surface area contributed by atoms with Crippen molar-refractivity contribution in [2.24, 2.45) is 0 Å². The molecule has 1 atom stereocenters. The smallest absolute Gasteiger partial charge is 0.306 e. The molecule has 0 fully saturated rings. The van der Waals surface area contributed by atoms with Crippen LogP contribution in [0.4, 0.5) is 0 Å². The van der Waals surface area contributed by atoms with E-state index in [1.54, 1.807) is 0 Å². The van der Waals surface area contributed by atoms with E-state index in [0.717, 1.165) is 77.0 Å². The van der Waals surface area contributed by atoms with Crippen LogP contribution in [-0.4, -0.2) is 37.2 Å². The van der Waals surface area contributed by atoms with Crippen molar-refractivity contribution in [1.82, 2.24) is 0 Å². The average Bonchev–Trinajstić information content (AvgIpc) is 3.10. The minimum absolute atomic E-state index is 0.0907. The average molecular weight is 687 g/mol. The maximum Gasteiger partial charge on any atom is 0.306 e. The molecule has 0 rings (SSSR count). The van der Waals surface area contributed by atoms with Crippen LogP contribution in [0.2, 0.25) is 0 Å². The summed E-state index contributed by atoms with van der Waals surface area (Å²) < 4.78 is 16.5. The van der Waals surface area contributed by atoms with Gasteiger partial charge in [0.05, 0.1) is 0 Å². The van der Waals surface area contributed by atoms with E-state index in [9.17, 15) is 14.4 Å². The summed E-state index contributed by atoms with van der Waals surface area (Å²) in [4.78, 5) is 37.4. The molecule has 6 nitrogen and oxygen atoms in total. The van der Waals surface area contributed by atoms with E-state index in [2.05, 4.69) is 63.3 Å². The van der Waals surface area contributed by atoms with Crippen LogP contribution in [0.25, 0.3) is 0 Å². The molecular formula is C43H74O6. The Kier molecular flexibility index (Phi) is 36.1. The van der Waals surface area contributed by atoms with E-state index in [4.69, 9.17) is 14.2 Å². The maximum atomic E-state index is 12.6. The first-order chi connectivity index (χ1) is 24.0. The lowest BCUT2D eigenvalue weighted by molar-refractivity contribution is -0.167. The zero-order valence-electron chi connectivity index (χ0n) is 31.9. The molecule has 6 heteroatoms. The molecule has 0 aliphatic heterocycles. The normalized spacial score (nSPS) is 12.5. The second-order valence-corrected chi connectivity index (χ2v) is 13.2. The molecule has 0 spiro atoms. The quantitative estimate of drug-likeness (QED) is 0.0217. The number of hydrogen-bond acceptors (Lipinski definition) is 6. The Morgan fingerprint density at radius 2 is 0.837 bits per heavy atom. The van der Waals surface area contributed by atoms with Crippen LogP contribution in [0.5, 0.6) is 0 Å². The van der Waals surface area contributed by atoms with Gasteiger partial charge < -0.3 is 14.2 Å². The number of rotatable bonds is 35. The fraction of sp³-hybridized carbons (Fsp3) is 0.744. The molecule has 0 saturated carbocycles. The molecule has 282 valence electrons. The van der Waals surface area contributed by atoms with Gasteiger partial charge >= 0.3 is 17.9 Å². The number of hydrogen-bond donors (Lipinski definition) is 0. The van der Waals surface area contributed by atoms with Gasteiger partial charge in [0.25, 0.3) is 0 Å². The summed E-state index contributed by atoms with van der Waals surface area (Å²) in [5, 5.41) is 0. The Morgan fingerprint density at radius 3 is 1.37 bits per heavy atom. The van der Waals surface area contributed by atoms with Crippen LogP contribution >= 0.6 is 0 Å². The maximum absolute atomic E-state index is 12.6. The predicted molar refractivity (Wildman–Crippen MR) is 205 cm³/mol. The Hall–Kier alpha value is -2.63. The number of carbonyl (C=O) groups is 3. The third kappa shape index (κ3) is 36.5. The molecule has 0 radical (unpaired) electrons.